The van der Waals surface area contributed by atoms with Crippen molar-refractivity contribution in [3.05, 3.63) is 41.9 Å². The molecular formula is C22H28N2O4. The number of rotatable bonds is 6. The maximum Gasteiger partial charge on any atom is 0.308 e. The van der Waals surface area contributed by atoms with E-state index in [1.165, 1.54) is 12.7 Å². The van der Waals surface area contributed by atoms with Gasteiger partial charge < -0.3 is 14.1 Å². The number of aryl methyl sites for hydroxylation is 1. The van der Waals surface area contributed by atoms with Crippen molar-refractivity contribution in [3.63, 3.8) is 0 Å². The van der Waals surface area contributed by atoms with E-state index in [0.717, 1.165) is 11.3 Å². The lowest BCUT2D eigenvalue weighted by atomic mass is 9.97. The Morgan fingerprint density at radius 3 is 2.50 bits per heavy atom. The van der Waals surface area contributed by atoms with E-state index in [1.54, 1.807) is 6.20 Å². The van der Waals surface area contributed by atoms with Gasteiger partial charge in [-0.3, -0.25) is 9.59 Å². The molecule has 0 unspecified atom stereocenters. The molecule has 6 heteroatoms. The molecule has 3 rings (SSSR count). The first kappa shape index (κ1) is 20.1. The van der Waals surface area contributed by atoms with Crippen molar-refractivity contribution < 1.29 is 18.7 Å². The zero-order valence-electron chi connectivity index (χ0n) is 16.8. The van der Waals surface area contributed by atoms with Gasteiger partial charge in [0, 0.05) is 31.5 Å². The van der Waals surface area contributed by atoms with E-state index in [4.69, 9.17) is 9.15 Å². The van der Waals surface area contributed by atoms with Crippen LogP contribution in [0.5, 0.6) is 0 Å². The average molecular weight is 384 g/mol. The van der Waals surface area contributed by atoms with Gasteiger partial charge in [0.2, 0.25) is 5.91 Å². The summed E-state index contributed by atoms with van der Waals surface area (Å²) in [5.74, 6) is 1.58. The summed E-state index contributed by atoms with van der Waals surface area (Å²) < 4.78 is 10.6. The number of esters is 1. The number of benzene rings is 1. The second-order valence-electron chi connectivity index (χ2n) is 7.57. The highest BCUT2D eigenvalue weighted by atomic mass is 16.5. The molecule has 1 fully saturated rings. The molecule has 1 aromatic carbocycles. The molecular weight excluding hydrogens is 356 g/mol. The maximum absolute atomic E-state index is 12.4. The fourth-order valence-corrected chi connectivity index (χ4v) is 3.49. The second-order valence-corrected chi connectivity index (χ2v) is 7.57. The van der Waals surface area contributed by atoms with Gasteiger partial charge >= 0.3 is 5.97 Å². The standard InChI is InChI=1S/C22H28N2O4/c1-15(2)16-4-6-17(7-5-16)19-14-23-20(28-19)8-9-21(25)24-12-10-18(11-13-24)22(26)27-3/h4-7,14-15,18H,8-13H2,1-3H3. The average Bonchev–Trinajstić information content (AvgIpc) is 3.20. The van der Waals surface area contributed by atoms with E-state index in [0.29, 0.717) is 50.6 Å². The summed E-state index contributed by atoms with van der Waals surface area (Å²) in [5.41, 5.74) is 2.27. The molecule has 2 heterocycles. The summed E-state index contributed by atoms with van der Waals surface area (Å²) in [4.78, 5) is 30.1. The number of hydrogen-bond acceptors (Lipinski definition) is 5. The first-order valence-electron chi connectivity index (χ1n) is 9.88. The number of hydrogen-bond donors (Lipinski definition) is 0. The number of piperidine rings is 1. The largest absolute Gasteiger partial charge is 0.469 e. The van der Waals surface area contributed by atoms with Gasteiger partial charge in [-0.2, -0.15) is 0 Å². The Morgan fingerprint density at radius 2 is 1.89 bits per heavy atom. The molecule has 1 aliphatic heterocycles. The molecule has 1 saturated heterocycles. The summed E-state index contributed by atoms with van der Waals surface area (Å²) in [6.07, 6.45) is 3.86. The maximum atomic E-state index is 12.4. The van der Waals surface area contributed by atoms with Gasteiger partial charge in [0.25, 0.3) is 0 Å². The van der Waals surface area contributed by atoms with Crippen molar-refractivity contribution >= 4 is 11.9 Å². The third-order valence-electron chi connectivity index (χ3n) is 5.35. The van der Waals surface area contributed by atoms with Crippen LogP contribution in [0.1, 0.15) is 50.5 Å². The molecule has 28 heavy (non-hydrogen) atoms. The highest BCUT2D eigenvalue weighted by Crippen LogP contribution is 2.24. The highest BCUT2D eigenvalue weighted by molar-refractivity contribution is 5.77. The van der Waals surface area contributed by atoms with Crippen LogP contribution in [0.15, 0.2) is 34.9 Å². The summed E-state index contributed by atoms with van der Waals surface area (Å²) in [7, 11) is 1.41. The normalized spacial score (nSPS) is 15.1. The zero-order valence-corrected chi connectivity index (χ0v) is 16.8. The summed E-state index contributed by atoms with van der Waals surface area (Å²) in [5, 5.41) is 0. The van der Waals surface area contributed by atoms with Crippen LogP contribution < -0.4 is 0 Å². The number of nitrogens with zero attached hydrogens (tertiary/aromatic N) is 2. The first-order valence-corrected chi connectivity index (χ1v) is 9.88. The fourth-order valence-electron chi connectivity index (χ4n) is 3.49. The topological polar surface area (TPSA) is 72.6 Å². The molecule has 2 aromatic rings. The number of ether oxygens (including phenoxy) is 1. The lowest BCUT2D eigenvalue weighted by Crippen LogP contribution is -2.40. The number of carbonyl (C=O) groups is 2. The number of aromatic nitrogens is 1. The molecule has 150 valence electrons. The van der Waals surface area contributed by atoms with Gasteiger partial charge in [-0.05, 0) is 24.3 Å². The Hall–Kier alpha value is -2.63. The highest BCUT2D eigenvalue weighted by Gasteiger charge is 2.27. The second kappa shape index (κ2) is 9.04. The van der Waals surface area contributed by atoms with Crippen molar-refractivity contribution in [3.8, 4) is 11.3 Å². The van der Waals surface area contributed by atoms with Gasteiger partial charge in [0.1, 0.15) is 0 Å². The third-order valence-corrected chi connectivity index (χ3v) is 5.35. The monoisotopic (exact) mass is 384 g/mol. The van der Waals surface area contributed by atoms with E-state index in [2.05, 4.69) is 31.0 Å². The minimum absolute atomic E-state index is 0.0735. The van der Waals surface area contributed by atoms with Crippen molar-refractivity contribution in [2.75, 3.05) is 20.2 Å². The van der Waals surface area contributed by atoms with Crippen molar-refractivity contribution in [1.29, 1.82) is 0 Å². The van der Waals surface area contributed by atoms with Crippen molar-refractivity contribution in [1.82, 2.24) is 9.88 Å². The van der Waals surface area contributed by atoms with Crippen LogP contribution in [0.2, 0.25) is 0 Å². The Labute approximate surface area is 165 Å². The first-order chi connectivity index (χ1) is 13.5. The molecule has 0 radical (unpaired) electrons. The van der Waals surface area contributed by atoms with Gasteiger partial charge in [0.05, 0.1) is 19.2 Å². The molecule has 0 saturated carbocycles. The third kappa shape index (κ3) is 4.80. The predicted octanol–water partition coefficient (Wildman–Crippen LogP) is 3.81. The molecule has 6 nitrogen and oxygen atoms in total. The molecule has 0 atom stereocenters. The van der Waals surface area contributed by atoms with E-state index in [-0.39, 0.29) is 17.8 Å². The van der Waals surface area contributed by atoms with Crippen LogP contribution in [0, 0.1) is 5.92 Å². The Bertz CT molecular complexity index is 802. The number of amides is 1. The minimum Gasteiger partial charge on any atom is -0.469 e. The predicted molar refractivity (Wildman–Crippen MR) is 106 cm³/mol. The van der Waals surface area contributed by atoms with Crippen molar-refractivity contribution in [2.45, 2.75) is 45.4 Å². The van der Waals surface area contributed by atoms with Crippen LogP contribution in [-0.4, -0.2) is 42.0 Å². The van der Waals surface area contributed by atoms with Crippen LogP contribution in [-0.2, 0) is 20.7 Å². The fraction of sp³-hybridized carbons (Fsp3) is 0.500. The van der Waals surface area contributed by atoms with Gasteiger partial charge in [0.15, 0.2) is 11.7 Å². The van der Waals surface area contributed by atoms with E-state index in [9.17, 15) is 9.59 Å². The molecule has 0 N–H and O–H groups in total. The molecule has 1 aromatic heterocycles. The van der Waals surface area contributed by atoms with E-state index >= 15 is 0 Å². The summed E-state index contributed by atoms with van der Waals surface area (Å²) in [6, 6.07) is 8.28. The van der Waals surface area contributed by atoms with Gasteiger partial charge in [-0.15, -0.1) is 0 Å². The smallest absolute Gasteiger partial charge is 0.308 e. The molecule has 1 aliphatic rings. The number of oxazole rings is 1. The molecule has 0 spiro atoms. The number of methoxy groups -OCH3 is 1. The molecule has 0 bridgehead atoms. The Kier molecular flexibility index (Phi) is 6.49. The van der Waals surface area contributed by atoms with E-state index < -0.39 is 0 Å². The Morgan fingerprint density at radius 1 is 1.21 bits per heavy atom. The van der Waals surface area contributed by atoms with Gasteiger partial charge in [-0.25, -0.2) is 4.98 Å². The number of likely N-dealkylation sites (tertiary alicyclic amines) is 1. The quantitative estimate of drug-likeness (QED) is 0.708. The van der Waals surface area contributed by atoms with Crippen LogP contribution in [0.3, 0.4) is 0 Å². The summed E-state index contributed by atoms with van der Waals surface area (Å²) in [6.45, 7) is 5.52. The number of carbonyl (C=O) groups excluding carboxylic acids is 2. The zero-order chi connectivity index (χ0) is 20.1. The van der Waals surface area contributed by atoms with Crippen LogP contribution in [0.4, 0.5) is 0 Å². The van der Waals surface area contributed by atoms with E-state index in [1.807, 2.05) is 17.0 Å². The van der Waals surface area contributed by atoms with Gasteiger partial charge in [-0.1, -0.05) is 38.1 Å². The SMILES string of the molecule is COC(=O)C1CCN(C(=O)CCc2ncc(-c3ccc(C(C)C)cc3)o2)CC1. The van der Waals surface area contributed by atoms with Crippen LogP contribution in [0.25, 0.3) is 11.3 Å². The van der Waals surface area contributed by atoms with Crippen molar-refractivity contribution in [2.24, 2.45) is 5.92 Å². The molecule has 0 aliphatic carbocycles. The van der Waals surface area contributed by atoms with Crippen LogP contribution >= 0.6 is 0 Å². The summed E-state index contributed by atoms with van der Waals surface area (Å²) >= 11 is 0. The Balaban J connectivity index is 1.50. The minimum atomic E-state index is -0.180. The lowest BCUT2D eigenvalue weighted by Gasteiger charge is -2.30. The lowest BCUT2D eigenvalue weighted by molar-refractivity contribution is -0.148. The molecule has 1 amide bonds.